The van der Waals surface area contributed by atoms with E-state index in [4.69, 9.17) is 15.2 Å². The van der Waals surface area contributed by atoms with Crippen LogP contribution in [0.25, 0.3) is 0 Å². The molecular formula is C26H27N5O4. The molecule has 0 amide bonds. The number of carboxylic acid groups (broad SMARTS) is 2. The first-order valence-electron chi connectivity index (χ1n) is 11.0. The molecule has 1 aliphatic heterocycles. The Labute approximate surface area is 203 Å². The lowest BCUT2D eigenvalue weighted by Crippen LogP contribution is -2.24. The van der Waals surface area contributed by atoms with Crippen molar-refractivity contribution in [2.24, 2.45) is 4.99 Å². The van der Waals surface area contributed by atoms with E-state index in [2.05, 4.69) is 58.1 Å². The maximum Gasteiger partial charge on any atom is 0.328 e. The molecule has 2 N–H and O–H groups in total. The average Bonchev–Trinajstić information content (AvgIpc) is 2.99. The van der Waals surface area contributed by atoms with Gasteiger partial charge in [0, 0.05) is 36.7 Å². The van der Waals surface area contributed by atoms with Gasteiger partial charge in [-0.05, 0) is 57.4 Å². The van der Waals surface area contributed by atoms with E-state index in [-0.39, 0.29) is 0 Å². The number of aliphatic carboxylic acids is 2. The van der Waals surface area contributed by atoms with Gasteiger partial charge in [0.2, 0.25) is 0 Å². The molecule has 0 radical (unpaired) electrons. The highest BCUT2D eigenvalue weighted by Gasteiger charge is 2.24. The molecule has 0 atom stereocenters. The van der Waals surface area contributed by atoms with Crippen molar-refractivity contribution in [3.05, 3.63) is 90.4 Å². The van der Waals surface area contributed by atoms with Crippen LogP contribution in [-0.4, -0.2) is 69.9 Å². The van der Waals surface area contributed by atoms with Gasteiger partial charge in [-0.1, -0.05) is 24.3 Å². The molecule has 3 aromatic rings. The third-order valence-electron chi connectivity index (χ3n) is 4.97. The topological polar surface area (TPSA) is 119 Å². The number of pyridine rings is 2. The molecule has 3 heterocycles. The maximum atomic E-state index is 9.55. The molecule has 180 valence electrons. The summed E-state index contributed by atoms with van der Waals surface area (Å²) in [5.41, 5.74) is 4.84. The van der Waals surface area contributed by atoms with E-state index in [0.717, 1.165) is 53.7 Å². The Balaban J connectivity index is 0.000000371. The van der Waals surface area contributed by atoms with E-state index in [1.165, 1.54) is 0 Å². The van der Waals surface area contributed by atoms with Gasteiger partial charge >= 0.3 is 11.9 Å². The van der Waals surface area contributed by atoms with E-state index in [1.54, 1.807) is 0 Å². The van der Waals surface area contributed by atoms with Crippen LogP contribution in [0.15, 0.2) is 84.1 Å². The van der Waals surface area contributed by atoms with Gasteiger partial charge in [0.05, 0.1) is 17.1 Å². The predicted octanol–water partition coefficient (Wildman–Crippen LogP) is 3.76. The van der Waals surface area contributed by atoms with Gasteiger partial charge in [-0.3, -0.25) is 4.98 Å². The molecule has 9 nitrogen and oxygen atoms in total. The number of aromatic nitrogens is 2. The number of hydrogen-bond acceptors (Lipinski definition) is 7. The summed E-state index contributed by atoms with van der Waals surface area (Å²) < 4.78 is 0. The van der Waals surface area contributed by atoms with Gasteiger partial charge in [0.15, 0.2) is 5.82 Å². The number of para-hydroxylation sites is 1. The van der Waals surface area contributed by atoms with E-state index in [9.17, 15) is 9.59 Å². The molecule has 4 rings (SSSR count). The number of anilines is 2. The highest BCUT2D eigenvalue weighted by atomic mass is 16.4. The van der Waals surface area contributed by atoms with Crippen LogP contribution >= 0.6 is 0 Å². The minimum Gasteiger partial charge on any atom is -0.478 e. The molecule has 0 unspecified atom stereocenters. The molecule has 9 heteroatoms. The minimum atomic E-state index is -1.26. The van der Waals surface area contributed by atoms with Crippen molar-refractivity contribution >= 4 is 34.8 Å². The molecule has 0 saturated carbocycles. The van der Waals surface area contributed by atoms with Crippen LogP contribution in [0.3, 0.4) is 0 Å². The predicted molar refractivity (Wildman–Crippen MR) is 135 cm³/mol. The molecule has 2 aromatic heterocycles. The van der Waals surface area contributed by atoms with Gasteiger partial charge in [0.1, 0.15) is 5.69 Å². The van der Waals surface area contributed by atoms with Crippen LogP contribution < -0.4 is 4.90 Å². The van der Waals surface area contributed by atoms with Gasteiger partial charge in [-0.25, -0.2) is 19.6 Å². The molecule has 0 fully saturated rings. The van der Waals surface area contributed by atoms with Crippen molar-refractivity contribution < 1.29 is 19.8 Å². The summed E-state index contributed by atoms with van der Waals surface area (Å²) in [6, 6.07) is 18.3. The summed E-state index contributed by atoms with van der Waals surface area (Å²) in [4.78, 5) is 37.8. The fourth-order valence-corrected chi connectivity index (χ4v) is 3.50. The lowest BCUT2D eigenvalue weighted by Gasteiger charge is -2.26. The summed E-state index contributed by atoms with van der Waals surface area (Å²) >= 11 is 0. The summed E-state index contributed by atoms with van der Waals surface area (Å²) in [6.07, 6.45) is 5.80. The summed E-state index contributed by atoms with van der Waals surface area (Å²) in [7, 11) is 4.20. The van der Waals surface area contributed by atoms with Crippen LogP contribution in [-0.2, 0) is 9.59 Å². The molecule has 0 spiro atoms. The summed E-state index contributed by atoms with van der Waals surface area (Å²) in [5, 5.41) is 15.6. The first-order valence-corrected chi connectivity index (χ1v) is 11.0. The Kier molecular flexibility index (Phi) is 8.80. The average molecular weight is 474 g/mol. The molecular weight excluding hydrogens is 446 g/mol. The van der Waals surface area contributed by atoms with Gasteiger partial charge in [-0.15, -0.1) is 0 Å². The Morgan fingerprint density at radius 1 is 0.914 bits per heavy atom. The molecule has 35 heavy (non-hydrogen) atoms. The van der Waals surface area contributed by atoms with E-state index < -0.39 is 11.9 Å². The van der Waals surface area contributed by atoms with Crippen LogP contribution in [0, 0.1) is 0 Å². The summed E-state index contributed by atoms with van der Waals surface area (Å²) in [6.45, 7) is 1.90. The fraction of sp³-hybridized carbons (Fsp3) is 0.192. The van der Waals surface area contributed by atoms with Gasteiger partial charge in [-0.2, -0.15) is 0 Å². The van der Waals surface area contributed by atoms with E-state index >= 15 is 0 Å². The highest BCUT2D eigenvalue weighted by molar-refractivity contribution is 6.17. The zero-order valence-corrected chi connectivity index (χ0v) is 19.6. The fourth-order valence-electron chi connectivity index (χ4n) is 3.50. The lowest BCUT2D eigenvalue weighted by molar-refractivity contribution is -0.134. The molecule has 0 aliphatic carbocycles. The van der Waals surface area contributed by atoms with Crippen LogP contribution in [0.1, 0.15) is 17.7 Å². The number of benzene rings is 1. The van der Waals surface area contributed by atoms with Crippen molar-refractivity contribution in [2.75, 3.05) is 32.1 Å². The number of nitrogens with zero attached hydrogens (tertiary/aromatic N) is 5. The number of aliphatic imine (C=N–C) groups is 1. The largest absolute Gasteiger partial charge is 0.478 e. The second-order valence-electron chi connectivity index (χ2n) is 7.86. The molecule has 1 aromatic carbocycles. The monoisotopic (exact) mass is 473 g/mol. The zero-order chi connectivity index (χ0) is 25.2. The number of carbonyl (C=O) groups is 2. The standard InChI is InChI=1S/C22H23N5.C4H4O4/c1-26(2)15-8-16-27-20-12-4-3-9-17(20)21(18-10-5-6-13-23-18)25-19-11-7-14-24-22(19)27;5-3(6)1-2-4(7)8/h3-7,9-14H,8,15-16H2,1-2H3;1-2H,(H,5,6)(H,7,8)/b;2-1+. The first kappa shape index (κ1) is 25.3. The second-order valence-corrected chi connectivity index (χ2v) is 7.86. The van der Waals surface area contributed by atoms with Crippen molar-refractivity contribution in [1.82, 2.24) is 14.9 Å². The number of carboxylic acids is 2. The second kappa shape index (κ2) is 12.2. The smallest absolute Gasteiger partial charge is 0.328 e. The van der Waals surface area contributed by atoms with Crippen LogP contribution in [0.5, 0.6) is 0 Å². The Morgan fingerprint density at radius 2 is 1.60 bits per heavy atom. The van der Waals surface area contributed by atoms with Gasteiger partial charge in [0.25, 0.3) is 0 Å². The normalized spacial score (nSPS) is 12.2. The quantitative estimate of drug-likeness (QED) is 0.498. The van der Waals surface area contributed by atoms with Crippen molar-refractivity contribution in [3.8, 4) is 0 Å². The van der Waals surface area contributed by atoms with Gasteiger partial charge < -0.3 is 20.0 Å². The van der Waals surface area contributed by atoms with Crippen LogP contribution in [0.2, 0.25) is 0 Å². The lowest BCUT2D eigenvalue weighted by atomic mass is 10.0. The van der Waals surface area contributed by atoms with Crippen LogP contribution in [0.4, 0.5) is 17.2 Å². The maximum absolute atomic E-state index is 9.55. The Bertz CT molecular complexity index is 1210. The van der Waals surface area contributed by atoms with E-state index in [1.807, 2.05) is 42.7 Å². The third kappa shape index (κ3) is 7.05. The van der Waals surface area contributed by atoms with Crippen molar-refractivity contribution in [3.63, 3.8) is 0 Å². The number of rotatable bonds is 7. The van der Waals surface area contributed by atoms with Crippen molar-refractivity contribution in [1.29, 1.82) is 0 Å². The minimum absolute atomic E-state index is 0.558. The SMILES string of the molecule is CN(C)CCCN1c2ccccc2C(c2ccccn2)=Nc2cccnc21.O=C(O)/C=C/C(=O)O. The first-order chi connectivity index (χ1) is 16.9. The Hall–Kier alpha value is -4.37. The number of fused-ring (bicyclic) bond motifs is 2. The summed E-state index contributed by atoms with van der Waals surface area (Å²) in [5.74, 6) is -1.62. The molecule has 0 saturated heterocycles. The highest BCUT2D eigenvalue weighted by Crippen LogP contribution is 2.38. The molecule has 1 aliphatic rings. The van der Waals surface area contributed by atoms with E-state index in [0.29, 0.717) is 12.2 Å². The number of hydrogen-bond donors (Lipinski definition) is 2. The zero-order valence-electron chi connectivity index (χ0n) is 19.6. The Morgan fingerprint density at radius 3 is 2.26 bits per heavy atom. The third-order valence-corrected chi connectivity index (χ3v) is 4.97. The molecule has 0 bridgehead atoms. The van der Waals surface area contributed by atoms with Crippen molar-refractivity contribution in [2.45, 2.75) is 6.42 Å².